The maximum Gasteiger partial charge on any atom is 0.134 e. The molecule has 1 fully saturated rings. The van der Waals surface area contributed by atoms with Crippen LogP contribution in [0.5, 0.6) is 5.75 Å². The normalized spacial score (nSPS) is 24.1. The summed E-state index contributed by atoms with van der Waals surface area (Å²) in [5.74, 6) is 1.09. The number of nitrogens with one attached hydrogen (secondary N) is 1. The third-order valence-corrected chi connectivity index (χ3v) is 4.33. The highest BCUT2D eigenvalue weighted by atomic mass is 35.5. The van der Waals surface area contributed by atoms with Crippen LogP contribution in [0.1, 0.15) is 44.6 Å². The van der Waals surface area contributed by atoms with Gasteiger partial charge in [-0.3, -0.25) is 0 Å². The van der Waals surface area contributed by atoms with Crippen LogP contribution in [0.2, 0.25) is 5.02 Å². The fourth-order valence-corrected chi connectivity index (χ4v) is 2.90. The average molecular weight is 268 g/mol. The second-order valence-corrected chi connectivity index (χ2v) is 5.70. The van der Waals surface area contributed by atoms with Crippen LogP contribution in [0.4, 0.5) is 0 Å². The van der Waals surface area contributed by atoms with Crippen molar-refractivity contribution in [3.05, 3.63) is 28.8 Å². The number of benzene rings is 1. The monoisotopic (exact) mass is 267 g/mol. The highest BCUT2D eigenvalue weighted by Crippen LogP contribution is 2.27. The molecule has 0 bridgehead atoms. The van der Waals surface area contributed by atoms with Gasteiger partial charge in [0.1, 0.15) is 5.75 Å². The van der Waals surface area contributed by atoms with E-state index in [-0.39, 0.29) is 5.75 Å². The zero-order valence-corrected chi connectivity index (χ0v) is 11.7. The highest BCUT2D eigenvalue weighted by molar-refractivity contribution is 6.32. The Balaban J connectivity index is 1.79. The molecule has 1 saturated carbocycles. The minimum atomic E-state index is 0.156. The summed E-state index contributed by atoms with van der Waals surface area (Å²) >= 11 is 5.90. The van der Waals surface area contributed by atoms with Crippen LogP contribution in [0.3, 0.4) is 0 Å². The number of aromatic hydroxyl groups is 1. The van der Waals surface area contributed by atoms with E-state index in [0.29, 0.717) is 11.1 Å². The lowest BCUT2D eigenvalue weighted by Gasteiger charge is -2.28. The molecule has 18 heavy (non-hydrogen) atoms. The minimum absolute atomic E-state index is 0.156. The quantitative estimate of drug-likeness (QED) is 0.861. The number of phenolic OH excluding ortho intramolecular Hbond substituents is 1. The first-order chi connectivity index (χ1) is 8.69. The number of rotatable bonds is 4. The Kier molecular flexibility index (Phi) is 4.90. The van der Waals surface area contributed by atoms with Crippen molar-refractivity contribution in [3.8, 4) is 5.75 Å². The minimum Gasteiger partial charge on any atom is -0.506 e. The van der Waals surface area contributed by atoms with Crippen LogP contribution in [0.25, 0.3) is 0 Å². The largest absolute Gasteiger partial charge is 0.506 e. The summed E-state index contributed by atoms with van der Waals surface area (Å²) < 4.78 is 0. The van der Waals surface area contributed by atoms with E-state index in [1.54, 1.807) is 6.07 Å². The van der Waals surface area contributed by atoms with Gasteiger partial charge in [0.15, 0.2) is 0 Å². The van der Waals surface area contributed by atoms with Crippen LogP contribution in [-0.4, -0.2) is 11.1 Å². The van der Waals surface area contributed by atoms with Crippen LogP contribution in [0, 0.1) is 5.92 Å². The van der Waals surface area contributed by atoms with E-state index in [1.165, 1.54) is 32.1 Å². The first kappa shape index (κ1) is 13.7. The fraction of sp³-hybridized carbons (Fsp3) is 0.600. The summed E-state index contributed by atoms with van der Waals surface area (Å²) in [6.07, 6.45) is 6.59. The molecule has 0 saturated heterocycles. The molecule has 1 aliphatic carbocycles. The second kappa shape index (κ2) is 6.44. The van der Waals surface area contributed by atoms with Crippen molar-refractivity contribution >= 4 is 11.6 Å². The van der Waals surface area contributed by atoms with Gasteiger partial charge < -0.3 is 10.4 Å². The molecule has 0 atom stereocenters. The molecular weight excluding hydrogens is 246 g/mol. The van der Waals surface area contributed by atoms with Gasteiger partial charge >= 0.3 is 0 Å². The van der Waals surface area contributed by atoms with E-state index in [0.717, 1.165) is 18.0 Å². The lowest BCUT2D eigenvalue weighted by atomic mass is 9.84. The molecular formula is C15H22ClNO. The Bertz CT molecular complexity index is 386. The van der Waals surface area contributed by atoms with E-state index >= 15 is 0 Å². The summed E-state index contributed by atoms with van der Waals surface area (Å²) in [6, 6.07) is 6.06. The standard InChI is InChI=1S/C15H22ClNO/c1-2-11-3-6-13(7-4-11)17-10-12-5-8-15(18)14(16)9-12/h5,8-9,11,13,17-18H,2-4,6-7,10H2,1H3. The molecule has 0 aromatic heterocycles. The first-order valence-electron chi connectivity index (χ1n) is 6.89. The van der Waals surface area contributed by atoms with E-state index in [1.807, 2.05) is 12.1 Å². The molecule has 1 aromatic carbocycles. The van der Waals surface area contributed by atoms with Gasteiger partial charge in [-0.25, -0.2) is 0 Å². The molecule has 2 rings (SSSR count). The Morgan fingerprint density at radius 3 is 2.61 bits per heavy atom. The Labute approximate surface area is 114 Å². The lowest BCUT2D eigenvalue weighted by molar-refractivity contribution is 0.285. The summed E-state index contributed by atoms with van der Waals surface area (Å²) in [7, 11) is 0. The first-order valence-corrected chi connectivity index (χ1v) is 7.27. The van der Waals surface area contributed by atoms with E-state index in [4.69, 9.17) is 11.6 Å². The molecule has 0 unspecified atom stereocenters. The SMILES string of the molecule is CCC1CCC(NCc2ccc(O)c(Cl)c2)CC1. The van der Waals surface area contributed by atoms with Gasteiger partial charge in [-0.1, -0.05) is 31.0 Å². The van der Waals surface area contributed by atoms with E-state index < -0.39 is 0 Å². The second-order valence-electron chi connectivity index (χ2n) is 5.29. The van der Waals surface area contributed by atoms with Crippen LogP contribution in [0.15, 0.2) is 18.2 Å². The van der Waals surface area contributed by atoms with Crippen molar-refractivity contribution in [1.82, 2.24) is 5.32 Å². The smallest absolute Gasteiger partial charge is 0.134 e. The van der Waals surface area contributed by atoms with Gasteiger partial charge in [-0.2, -0.15) is 0 Å². The van der Waals surface area contributed by atoms with Crippen molar-refractivity contribution in [1.29, 1.82) is 0 Å². The van der Waals surface area contributed by atoms with Gasteiger partial charge in [-0.05, 0) is 49.3 Å². The van der Waals surface area contributed by atoms with Gasteiger partial charge in [0.05, 0.1) is 5.02 Å². The van der Waals surface area contributed by atoms with Crippen molar-refractivity contribution in [2.45, 2.75) is 51.6 Å². The lowest BCUT2D eigenvalue weighted by Crippen LogP contribution is -2.32. The van der Waals surface area contributed by atoms with Crippen LogP contribution < -0.4 is 5.32 Å². The fourth-order valence-electron chi connectivity index (χ4n) is 2.70. The van der Waals surface area contributed by atoms with E-state index in [9.17, 15) is 5.11 Å². The Morgan fingerprint density at radius 2 is 2.00 bits per heavy atom. The third-order valence-electron chi connectivity index (χ3n) is 4.03. The molecule has 0 heterocycles. The summed E-state index contributed by atoms with van der Waals surface area (Å²) in [6.45, 7) is 3.12. The van der Waals surface area contributed by atoms with Gasteiger partial charge in [0, 0.05) is 12.6 Å². The van der Waals surface area contributed by atoms with Gasteiger partial charge in [0.2, 0.25) is 0 Å². The summed E-state index contributed by atoms with van der Waals surface area (Å²) in [5, 5.41) is 13.4. The molecule has 0 amide bonds. The molecule has 100 valence electrons. The van der Waals surface area contributed by atoms with Crippen molar-refractivity contribution < 1.29 is 5.11 Å². The number of halogens is 1. The predicted octanol–water partition coefficient (Wildman–Crippen LogP) is 4.10. The zero-order valence-electron chi connectivity index (χ0n) is 11.0. The van der Waals surface area contributed by atoms with Crippen molar-refractivity contribution in [2.24, 2.45) is 5.92 Å². The Morgan fingerprint density at radius 1 is 1.28 bits per heavy atom. The molecule has 1 aromatic rings. The predicted molar refractivity (Wildman–Crippen MR) is 76.0 cm³/mol. The topological polar surface area (TPSA) is 32.3 Å². The maximum absolute atomic E-state index is 9.36. The molecule has 2 N–H and O–H groups in total. The van der Waals surface area contributed by atoms with Crippen LogP contribution >= 0.6 is 11.6 Å². The molecule has 3 heteroatoms. The van der Waals surface area contributed by atoms with Crippen LogP contribution in [-0.2, 0) is 6.54 Å². The maximum atomic E-state index is 9.36. The number of hydrogen-bond donors (Lipinski definition) is 2. The number of hydrogen-bond acceptors (Lipinski definition) is 2. The molecule has 2 nitrogen and oxygen atoms in total. The zero-order chi connectivity index (χ0) is 13.0. The third kappa shape index (κ3) is 3.63. The average Bonchev–Trinajstić information content (AvgIpc) is 2.41. The number of phenols is 1. The molecule has 0 spiro atoms. The summed E-state index contributed by atoms with van der Waals surface area (Å²) in [4.78, 5) is 0. The van der Waals surface area contributed by atoms with Gasteiger partial charge in [0.25, 0.3) is 0 Å². The molecule has 0 radical (unpaired) electrons. The highest BCUT2D eigenvalue weighted by Gasteiger charge is 2.19. The van der Waals surface area contributed by atoms with Gasteiger partial charge in [-0.15, -0.1) is 0 Å². The Hall–Kier alpha value is -0.730. The summed E-state index contributed by atoms with van der Waals surface area (Å²) in [5.41, 5.74) is 1.13. The van der Waals surface area contributed by atoms with Crippen molar-refractivity contribution in [3.63, 3.8) is 0 Å². The molecule has 0 aliphatic heterocycles. The van der Waals surface area contributed by atoms with Crippen molar-refractivity contribution in [2.75, 3.05) is 0 Å². The van der Waals surface area contributed by atoms with E-state index in [2.05, 4.69) is 12.2 Å². The molecule has 1 aliphatic rings.